The number of carbonyl (C=O) groups is 1. The minimum Gasteiger partial charge on any atom is -0.339 e. The molecule has 4 heteroatoms. The van der Waals surface area contributed by atoms with Crippen molar-refractivity contribution < 1.29 is 4.79 Å². The van der Waals surface area contributed by atoms with E-state index in [2.05, 4.69) is 5.43 Å². The minimum absolute atomic E-state index is 0.0716. The van der Waals surface area contributed by atoms with Gasteiger partial charge in [0, 0.05) is 13.1 Å². The van der Waals surface area contributed by atoms with Gasteiger partial charge in [-0.2, -0.15) is 0 Å². The van der Waals surface area contributed by atoms with Crippen LogP contribution < -0.4 is 11.3 Å². The Morgan fingerprint density at radius 2 is 2.21 bits per heavy atom. The largest absolute Gasteiger partial charge is 0.339 e. The average molecular weight is 261 g/mol. The van der Waals surface area contributed by atoms with E-state index in [0.29, 0.717) is 17.2 Å². The van der Waals surface area contributed by atoms with Crippen LogP contribution in [0.15, 0.2) is 18.2 Å². The van der Waals surface area contributed by atoms with Crippen molar-refractivity contribution in [1.29, 1.82) is 0 Å². The molecule has 1 fully saturated rings. The summed E-state index contributed by atoms with van der Waals surface area (Å²) in [5.74, 6) is 6.27. The Labute approximate surface area is 114 Å². The van der Waals surface area contributed by atoms with Gasteiger partial charge in [0.2, 0.25) is 0 Å². The predicted molar refractivity (Wildman–Crippen MR) is 77.9 cm³/mol. The zero-order valence-corrected chi connectivity index (χ0v) is 11.8. The molecule has 0 saturated heterocycles. The zero-order chi connectivity index (χ0) is 13.8. The first-order chi connectivity index (χ1) is 9.15. The quantitative estimate of drug-likeness (QED) is 0.632. The SMILES string of the molecule is CCN(CC1CCC1)C(=O)c1ccc(C)cc1NN. The van der Waals surface area contributed by atoms with Crippen LogP contribution in [0.4, 0.5) is 5.69 Å². The summed E-state index contributed by atoms with van der Waals surface area (Å²) >= 11 is 0. The van der Waals surface area contributed by atoms with Gasteiger partial charge in [0.15, 0.2) is 0 Å². The fraction of sp³-hybridized carbons (Fsp3) is 0.533. The van der Waals surface area contributed by atoms with E-state index >= 15 is 0 Å². The van der Waals surface area contributed by atoms with Crippen molar-refractivity contribution in [3.05, 3.63) is 29.3 Å². The van der Waals surface area contributed by atoms with Crippen LogP contribution >= 0.6 is 0 Å². The number of anilines is 1. The van der Waals surface area contributed by atoms with E-state index < -0.39 is 0 Å². The molecule has 0 bridgehead atoms. The maximum absolute atomic E-state index is 12.6. The van der Waals surface area contributed by atoms with Gasteiger partial charge in [-0.1, -0.05) is 12.5 Å². The third-order valence-corrected chi connectivity index (χ3v) is 3.93. The number of hydrazine groups is 1. The van der Waals surface area contributed by atoms with Crippen molar-refractivity contribution in [2.75, 3.05) is 18.5 Å². The maximum Gasteiger partial charge on any atom is 0.256 e. The van der Waals surface area contributed by atoms with E-state index in [1.54, 1.807) is 0 Å². The van der Waals surface area contributed by atoms with Crippen molar-refractivity contribution in [3.63, 3.8) is 0 Å². The summed E-state index contributed by atoms with van der Waals surface area (Å²) in [6, 6.07) is 5.71. The molecular formula is C15H23N3O. The topological polar surface area (TPSA) is 58.4 Å². The lowest BCUT2D eigenvalue weighted by molar-refractivity contribution is 0.0707. The minimum atomic E-state index is 0.0716. The Morgan fingerprint density at radius 3 is 2.74 bits per heavy atom. The highest BCUT2D eigenvalue weighted by atomic mass is 16.2. The Balaban J connectivity index is 2.16. The number of amides is 1. The summed E-state index contributed by atoms with van der Waals surface area (Å²) in [7, 11) is 0. The van der Waals surface area contributed by atoms with E-state index in [1.165, 1.54) is 19.3 Å². The van der Waals surface area contributed by atoms with Crippen LogP contribution in [0.25, 0.3) is 0 Å². The van der Waals surface area contributed by atoms with Crippen LogP contribution in [-0.2, 0) is 0 Å². The molecule has 4 nitrogen and oxygen atoms in total. The molecule has 0 spiro atoms. The molecule has 0 radical (unpaired) electrons. The van der Waals surface area contributed by atoms with Crippen molar-refractivity contribution in [2.45, 2.75) is 33.1 Å². The van der Waals surface area contributed by atoms with Gasteiger partial charge < -0.3 is 10.3 Å². The van der Waals surface area contributed by atoms with Crippen LogP contribution in [0, 0.1) is 12.8 Å². The molecule has 1 aromatic carbocycles. The predicted octanol–water partition coefficient (Wildman–Crippen LogP) is 2.54. The number of nitrogen functional groups attached to an aromatic ring is 1. The number of hydrogen-bond acceptors (Lipinski definition) is 3. The molecule has 19 heavy (non-hydrogen) atoms. The summed E-state index contributed by atoms with van der Waals surface area (Å²) in [6.45, 7) is 5.63. The van der Waals surface area contributed by atoms with Gasteiger partial charge >= 0.3 is 0 Å². The Bertz CT molecular complexity index is 455. The lowest BCUT2D eigenvalue weighted by Gasteiger charge is -2.32. The monoisotopic (exact) mass is 261 g/mol. The molecule has 0 heterocycles. The standard InChI is InChI=1S/C15H23N3O/c1-3-18(10-12-5-4-6-12)15(19)13-8-7-11(2)9-14(13)17-16/h7-9,12,17H,3-6,10,16H2,1-2H3. The summed E-state index contributed by atoms with van der Waals surface area (Å²) in [5.41, 5.74) is 5.09. The molecule has 0 atom stereocenters. The van der Waals surface area contributed by atoms with E-state index in [0.717, 1.165) is 18.7 Å². The summed E-state index contributed by atoms with van der Waals surface area (Å²) in [6.07, 6.45) is 3.80. The van der Waals surface area contributed by atoms with Crippen LogP contribution in [0.1, 0.15) is 42.1 Å². The lowest BCUT2D eigenvalue weighted by Crippen LogP contribution is -2.37. The number of rotatable bonds is 5. The van der Waals surface area contributed by atoms with Crippen molar-refractivity contribution >= 4 is 11.6 Å². The molecule has 1 aromatic rings. The molecule has 3 N–H and O–H groups in total. The molecule has 2 rings (SSSR count). The summed E-state index contributed by atoms with van der Waals surface area (Å²) in [4.78, 5) is 14.5. The second-order valence-electron chi connectivity index (χ2n) is 5.33. The molecule has 1 saturated carbocycles. The first-order valence-electron chi connectivity index (χ1n) is 7.02. The Morgan fingerprint density at radius 1 is 1.47 bits per heavy atom. The summed E-state index contributed by atoms with van der Waals surface area (Å²) in [5, 5.41) is 0. The Hall–Kier alpha value is -1.55. The van der Waals surface area contributed by atoms with Gasteiger partial charge in [-0.25, -0.2) is 0 Å². The van der Waals surface area contributed by atoms with E-state index in [9.17, 15) is 4.79 Å². The van der Waals surface area contributed by atoms with E-state index in [-0.39, 0.29) is 5.91 Å². The number of carbonyl (C=O) groups excluding carboxylic acids is 1. The van der Waals surface area contributed by atoms with Gasteiger partial charge in [-0.3, -0.25) is 10.6 Å². The van der Waals surface area contributed by atoms with Crippen molar-refractivity contribution in [2.24, 2.45) is 11.8 Å². The maximum atomic E-state index is 12.6. The molecule has 1 aliphatic carbocycles. The van der Waals surface area contributed by atoms with Crippen LogP contribution in [-0.4, -0.2) is 23.9 Å². The molecule has 0 aromatic heterocycles. The fourth-order valence-electron chi connectivity index (χ4n) is 2.48. The highest BCUT2D eigenvalue weighted by Gasteiger charge is 2.24. The summed E-state index contributed by atoms with van der Waals surface area (Å²) < 4.78 is 0. The van der Waals surface area contributed by atoms with Gasteiger partial charge in [-0.05, 0) is 50.3 Å². The molecule has 0 unspecified atom stereocenters. The third-order valence-electron chi connectivity index (χ3n) is 3.93. The van der Waals surface area contributed by atoms with Crippen molar-refractivity contribution in [3.8, 4) is 0 Å². The van der Waals surface area contributed by atoms with Gasteiger partial charge in [0.05, 0.1) is 11.3 Å². The number of benzene rings is 1. The van der Waals surface area contributed by atoms with Crippen molar-refractivity contribution in [1.82, 2.24) is 4.90 Å². The second kappa shape index (κ2) is 6.06. The smallest absolute Gasteiger partial charge is 0.256 e. The third kappa shape index (κ3) is 3.07. The first-order valence-corrected chi connectivity index (χ1v) is 7.02. The number of aryl methyl sites for hydroxylation is 1. The fourth-order valence-corrected chi connectivity index (χ4v) is 2.48. The van der Waals surface area contributed by atoms with Crippen LogP contribution in [0.2, 0.25) is 0 Å². The molecule has 104 valence electrons. The van der Waals surface area contributed by atoms with E-state index in [1.807, 2.05) is 36.9 Å². The normalized spacial score (nSPS) is 14.9. The molecule has 1 amide bonds. The first kappa shape index (κ1) is 13.9. The molecule has 1 aliphatic rings. The van der Waals surface area contributed by atoms with E-state index in [4.69, 9.17) is 5.84 Å². The number of hydrogen-bond donors (Lipinski definition) is 2. The zero-order valence-electron chi connectivity index (χ0n) is 11.8. The van der Waals surface area contributed by atoms with Crippen LogP contribution in [0.5, 0.6) is 0 Å². The molecule has 0 aliphatic heterocycles. The lowest BCUT2D eigenvalue weighted by atomic mass is 9.85. The number of nitrogens with two attached hydrogens (primary N) is 1. The average Bonchev–Trinajstić information content (AvgIpc) is 2.37. The highest BCUT2D eigenvalue weighted by molar-refractivity contribution is 5.99. The highest BCUT2D eigenvalue weighted by Crippen LogP contribution is 2.28. The number of nitrogens with zero attached hydrogens (tertiary/aromatic N) is 1. The van der Waals surface area contributed by atoms with Crippen LogP contribution in [0.3, 0.4) is 0 Å². The number of nitrogens with one attached hydrogen (secondary N) is 1. The molecular weight excluding hydrogens is 238 g/mol. The van der Waals surface area contributed by atoms with Gasteiger partial charge in [-0.15, -0.1) is 0 Å². The van der Waals surface area contributed by atoms with Gasteiger partial charge in [0.1, 0.15) is 0 Å². The Kier molecular flexibility index (Phi) is 4.43. The van der Waals surface area contributed by atoms with Gasteiger partial charge in [0.25, 0.3) is 5.91 Å². The second-order valence-corrected chi connectivity index (χ2v) is 5.33.